The van der Waals surface area contributed by atoms with Gasteiger partial charge in [-0.05, 0) is 29.8 Å². The van der Waals surface area contributed by atoms with E-state index in [0.29, 0.717) is 51.5 Å². The fourth-order valence-corrected chi connectivity index (χ4v) is 6.96. The molecular weight excluding hydrogens is 515 g/mol. The van der Waals surface area contributed by atoms with Crippen molar-refractivity contribution in [1.82, 2.24) is 0 Å². The average Bonchev–Trinajstić information content (AvgIpc) is 3.54. The Balaban J connectivity index is 1.75. The molecule has 0 aliphatic rings. The SMILES string of the molecule is Cc1sc2c(OC(=O)c3cccs3)c3c(Cl)csc3c(OC(=O)c3cccs3)c2c1Cl. The van der Waals surface area contributed by atoms with Gasteiger partial charge in [-0.1, -0.05) is 35.3 Å². The number of hydrogen-bond donors (Lipinski definition) is 0. The van der Waals surface area contributed by atoms with E-state index in [9.17, 15) is 9.59 Å². The Bertz CT molecular complexity index is 1400. The number of ether oxygens (including phenoxy) is 2. The van der Waals surface area contributed by atoms with Crippen molar-refractivity contribution in [3.63, 3.8) is 0 Å². The zero-order chi connectivity index (χ0) is 21.7. The molecule has 0 atom stereocenters. The lowest BCUT2D eigenvalue weighted by Crippen LogP contribution is -2.09. The molecule has 4 nitrogen and oxygen atoms in total. The average molecular weight is 525 g/mol. The Morgan fingerprint density at radius 2 is 1.42 bits per heavy atom. The minimum Gasteiger partial charge on any atom is -0.420 e. The van der Waals surface area contributed by atoms with Crippen LogP contribution in [0.1, 0.15) is 24.2 Å². The second kappa shape index (κ2) is 8.20. The van der Waals surface area contributed by atoms with E-state index in [0.717, 1.165) is 4.88 Å². The van der Waals surface area contributed by atoms with E-state index in [4.69, 9.17) is 32.7 Å². The second-order valence-electron chi connectivity index (χ2n) is 6.36. The van der Waals surface area contributed by atoms with Gasteiger partial charge >= 0.3 is 11.9 Å². The van der Waals surface area contributed by atoms with Crippen LogP contribution in [-0.2, 0) is 0 Å². The van der Waals surface area contributed by atoms with Gasteiger partial charge in [0.1, 0.15) is 9.75 Å². The lowest BCUT2D eigenvalue weighted by molar-refractivity contribution is 0.0732. The molecule has 0 aliphatic heterocycles. The van der Waals surface area contributed by atoms with Crippen LogP contribution in [-0.4, -0.2) is 11.9 Å². The Hall–Kier alpha value is -1.94. The standard InChI is InChI=1S/C21H10Cl2O4S4/c1-9-15(23)14-17(27-21(25)12-5-3-7-29-12)18-13(10(22)8-30-18)16(19(14)31-9)26-20(24)11-4-2-6-28-11/h2-8H,1H3. The summed E-state index contributed by atoms with van der Waals surface area (Å²) in [6.45, 7) is 1.86. The van der Waals surface area contributed by atoms with E-state index in [1.165, 1.54) is 45.3 Å². The van der Waals surface area contributed by atoms with Gasteiger partial charge in [-0.25, -0.2) is 9.59 Å². The molecule has 0 amide bonds. The monoisotopic (exact) mass is 524 g/mol. The molecule has 5 rings (SSSR count). The molecule has 1 aromatic carbocycles. The van der Waals surface area contributed by atoms with E-state index in [2.05, 4.69) is 0 Å². The molecule has 10 heteroatoms. The Kier molecular flexibility index (Phi) is 5.54. The third-order valence-corrected chi connectivity index (χ3v) is 9.25. The largest absolute Gasteiger partial charge is 0.420 e. The minimum atomic E-state index is -0.481. The van der Waals surface area contributed by atoms with Crippen molar-refractivity contribution in [2.24, 2.45) is 0 Å². The number of thiophene rings is 4. The summed E-state index contributed by atoms with van der Waals surface area (Å²) >= 11 is 18.4. The maximum Gasteiger partial charge on any atom is 0.353 e. The van der Waals surface area contributed by atoms with E-state index in [-0.39, 0.29) is 0 Å². The van der Waals surface area contributed by atoms with Crippen molar-refractivity contribution in [3.05, 3.63) is 65.1 Å². The van der Waals surface area contributed by atoms with Gasteiger partial charge in [0.25, 0.3) is 0 Å². The Morgan fingerprint density at radius 3 is 1.97 bits per heavy atom. The summed E-state index contributed by atoms with van der Waals surface area (Å²) in [7, 11) is 0. The van der Waals surface area contributed by atoms with Crippen molar-refractivity contribution >= 4 is 101 Å². The van der Waals surface area contributed by atoms with Gasteiger partial charge < -0.3 is 9.47 Å². The third-order valence-electron chi connectivity index (χ3n) is 4.46. The van der Waals surface area contributed by atoms with Gasteiger partial charge in [0.2, 0.25) is 0 Å². The van der Waals surface area contributed by atoms with Crippen LogP contribution >= 0.6 is 68.5 Å². The molecular formula is C21H10Cl2O4S4. The lowest BCUT2D eigenvalue weighted by Gasteiger charge is -2.12. The van der Waals surface area contributed by atoms with Crippen molar-refractivity contribution < 1.29 is 19.1 Å². The second-order valence-corrected chi connectivity index (χ2v) is 11.1. The molecule has 4 aromatic heterocycles. The number of esters is 2. The molecule has 0 unspecified atom stereocenters. The highest BCUT2D eigenvalue weighted by Gasteiger charge is 2.28. The zero-order valence-electron chi connectivity index (χ0n) is 15.6. The Labute approximate surface area is 202 Å². The molecule has 0 spiro atoms. The predicted octanol–water partition coefficient (Wildman–Crippen LogP) is 8.29. The third kappa shape index (κ3) is 3.57. The van der Waals surface area contributed by atoms with Crippen LogP contribution in [0.5, 0.6) is 11.5 Å². The normalized spacial score (nSPS) is 11.3. The van der Waals surface area contributed by atoms with Crippen LogP contribution in [0.25, 0.3) is 20.2 Å². The van der Waals surface area contributed by atoms with Crippen LogP contribution in [0, 0.1) is 6.92 Å². The van der Waals surface area contributed by atoms with Crippen molar-refractivity contribution in [2.45, 2.75) is 6.92 Å². The number of benzene rings is 1. The van der Waals surface area contributed by atoms with E-state index in [1.807, 2.05) is 6.92 Å². The van der Waals surface area contributed by atoms with Crippen LogP contribution in [0.15, 0.2) is 40.4 Å². The fraction of sp³-hybridized carbons (Fsp3) is 0.0476. The first-order valence-corrected chi connectivity index (χ1v) is 13.0. The zero-order valence-corrected chi connectivity index (χ0v) is 20.3. The summed E-state index contributed by atoms with van der Waals surface area (Å²) in [6.07, 6.45) is 0. The molecule has 0 saturated heterocycles. The smallest absolute Gasteiger partial charge is 0.353 e. The minimum absolute atomic E-state index is 0.325. The Morgan fingerprint density at radius 1 is 0.839 bits per heavy atom. The first kappa shape index (κ1) is 20.9. The number of rotatable bonds is 4. The van der Waals surface area contributed by atoms with Gasteiger partial charge in [0.05, 0.1) is 30.2 Å². The van der Waals surface area contributed by atoms with Crippen molar-refractivity contribution in [1.29, 1.82) is 0 Å². The maximum atomic E-state index is 12.7. The number of fused-ring (bicyclic) bond motifs is 2. The van der Waals surface area contributed by atoms with Crippen LogP contribution in [0.4, 0.5) is 0 Å². The lowest BCUT2D eigenvalue weighted by atomic mass is 10.1. The molecule has 4 heterocycles. The number of halogens is 2. The highest BCUT2D eigenvalue weighted by Crippen LogP contribution is 2.54. The highest BCUT2D eigenvalue weighted by molar-refractivity contribution is 7.21. The number of carbonyl (C=O) groups excluding carboxylic acids is 2. The van der Waals surface area contributed by atoms with Gasteiger partial charge in [0.15, 0.2) is 11.5 Å². The van der Waals surface area contributed by atoms with Gasteiger partial charge in [-0.15, -0.1) is 45.3 Å². The first-order chi connectivity index (χ1) is 15.0. The summed E-state index contributed by atoms with van der Waals surface area (Å²) in [5.41, 5.74) is 0. The van der Waals surface area contributed by atoms with Crippen LogP contribution < -0.4 is 9.47 Å². The topological polar surface area (TPSA) is 52.6 Å². The summed E-state index contributed by atoms with van der Waals surface area (Å²) < 4.78 is 12.9. The molecule has 5 aromatic rings. The van der Waals surface area contributed by atoms with E-state index in [1.54, 1.807) is 40.4 Å². The maximum absolute atomic E-state index is 12.7. The molecule has 156 valence electrons. The summed E-state index contributed by atoms with van der Waals surface area (Å²) in [4.78, 5) is 27.2. The molecule has 31 heavy (non-hydrogen) atoms. The summed E-state index contributed by atoms with van der Waals surface area (Å²) in [6, 6.07) is 6.95. The molecule has 0 aliphatic carbocycles. The van der Waals surface area contributed by atoms with E-state index >= 15 is 0 Å². The number of aryl methyl sites for hydroxylation is 1. The highest BCUT2D eigenvalue weighted by atomic mass is 35.5. The van der Waals surface area contributed by atoms with Crippen LogP contribution in [0.2, 0.25) is 10.0 Å². The molecule has 0 bridgehead atoms. The summed E-state index contributed by atoms with van der Waals surface area (Å²) in [5.74, 6) is -0.313. The van der Waals surface area contributed by atoms with E-state index < -0.39 is 11.9 Å². The van der Waals surface area contributed by atoms with Crippen LogP contribution in [0.3, 0.4) is 0 Å². The molecule has 0 saturated carbocycles. The van der Waals surface area contributed by atoms with Gasteiger partial charge in [-0.2, -0.15) is 0 Å². The van der Waals surface area contributed by atoms with Gasteiger partial charge in [-0.3, -0.25) is 0 Å². The number of hydrogen-bond acceptors (Lipinski definition) is 8. The predicted molar refractivity (Wildman–Crippen MR) is 131 cm³/mol. The quantitative estimate of drug-likeness (QED) is 0.175. The number of carbonyl (C=O) groups is 2. The van der Waals surface area contributed by atoms with Gasteiger partial charge in [0, 0.05) is 10.3 Å². The molecule has 0 N–H and O–H groups in total. The molecule has 0 radical (unpaired) electrons. The summed E-state index contributed by atoms with van der Waals surface area (Å²) in [5, 5.41) is 7.25. The molecule has 0 fully saturated rings. The first-order valence-electron chi connectivity index (χ1n) is 8.78. The van der Waals surface area contributed by atoms with Crippen molar-refractivity contribution in [2.75, 3.05) is 0 Å². The fourth-order valence-electron chi connectivity index (χ4n) is 3.10. The van der Waals surface area contributed by atoms with Crippen molar-refractivity contribution in [3.8, 4) is 11.5 Å².